The lowest BCUT2D eigenvalue weighted by Crippen LogP contribution is -2.10. The van der Waals surface area contributed by atoms with Crippen LogP contribution in [0.3, 0.4) is 0 Å². The molecule has 1 amide bonds. The summed E-state index contributed by atoms with van der Waals surface area (Å²) in [6, 6.07) is 6.97. The van der Waals surface area contributed by atoms with Crippen molar-refractivity contribution in [1.29, 1.82) is 0 Å². The topological polar surface area (TPSA) is 64.0 Å². The van der Waals surface area contributed by atoms with E-state index in [4.69, 9.17) is 0 Å². The third kappa shape index (κ3) is 4.21. The number of thioether (sulfide) groups is 1. The van der Waals surface area contributed by atoms with Gasteiger partial charge in [0.1, 0.15) is 0 Å². The second kappa shape index (κ2) is 7.79. The van der Waals surface area contributed by atoms with E-state index in [1.165, 1.54) is 11.8 Å². The summed E-state index contributed by atoms with van der Waals surface area (Å²) in [5, 5.41) is 3.61. The zero-order valence-corrected chi connectivity index (χ0v) is 13.5. The number of hydrogen-bond donors (Lipinski definition) is 1. The zero-order valence-electron chi connectivity index (χ0n) is 12.7. The molecule has 1 aromatic carbocycles. The molecule has 0 spiro atoms. The van der Waals surface area contributed by atoms with Crippen LogP contribution in [0.15, 0.2) is 41.8 Å². The maximum Gasteiger partial charge on any atom is 0.224 e. The van der Waals surface area contributed by atoms with Gasteiger partial charge < -0.3 is 9.88 Å². The van der Waals surface area contributed by atoms with Crippen LogP contribution in [0.2, 0.25) is 0 Å². The summed E-state index contributed by atoms with van der Waals surface area (Å²) in [7, 11) is 0. The molecule has 0 fully saturated rings. The third-order valence-corrected chi connectivity index (χ3v) is 4.17. The monoisotopic (exact) mass is 317 g/mol. The van der Waals surface area contributed by atoms with Gasteiger partial charge in [0.15, 0.2) is 10.9 Å². The van der Waals surface area contributed by atoms with Gasteiger partial charge in [-0.25, -0.2) is 4.98 Å². The Hall–Kier alpha value is -2.08. The average molecular weight is 317 g/mol. The minimum absolute atomic E-state index is 0.0407. The van der Waals surface area contributed by atoms with Crippen molar-refractivity contribution >= 4 is 29.1 Å². The van der Waals surface area contributed by atoms with Crippen LogP contribution >= 0.6 is 11.8 Å². The molecular weight excluding hydrogens is 298 g/mol. The van der Waals surface area contributed by atoms with Gasteiger partial charge in [0.2, 0.25) is 5.91 Å². The molecule has 0 aliphatic carbocycles. The van der Waals surface area contributed by atoms with Gasteiger partial charge >= 0.3 is 0 Å². The number of anilines is 1. The van der Waals surface area contributed by atoms with Crippen molar-refractivity contribution < 1.29 is 9.59 Å². The van der Waals surface area contributed by atoms with E-state index in [9.17, 15) is 9.59 Å². The number of carbonyl (C=O) groups excluding carboxylic acids is 2. The number of ketones is 1. The molecule has 1 N–H and O–H groups in total. The maximum absolute atomic E-state index is 12.2. The van der Waals surface area contributed by atoms with Gasteiger partial charge in [-0.3, -0.25) is 9.59 Å². The second-order valence-corrected chi connectivity index (χ2v) is 5.63. The van der Waals surface area contributed by atoms with E-state index in [0.29, 0.717) is 23.4 Å². The lowest BCUT2D eigenvalue weighted by atomic mass is 10.1. The minimum atomic E-state index is -0.0407. The molecule has 5 nitrogen and oxygen atoms in total. The first-order chi connectivity index (χ1) is 10.6. The number of rotatable bonds is 7. The van der Waals surface area contributed by atoms with Crippen LogP contribution in [0.5, 0.6) is 0 Å². The summed E-state index contributed by atoms with van der Waals surface area (Å²) in [6.45, 7) is 4.67. The van der Waals surface area contributed by atoms with E-state index in [-0.39, 0.29) is 11.7 Å². The predicted molar refractivity (Wildman–Crippen MR) is 88.3 cm³/mol. The molecule has 0 aliphatic heterocycles. The van der Waals surface area contributed by atoms with Crippen LogP contribution in [-0.2, 0) is 11.3 Å². The first kappa shape index (κ1) is 16.3. The van der Waals surface area contributed by atoms with Crippen molar-refractivity contribution in [3.05, 3.63) is 42.2 Å². The number of benzene rings is 1. The second-order valence-electron chi connectivity index (χ2n) is 4.69. The van der Waals surface area contributed by atoms with E-state index in [1.54, 1.807) is 37.4 Å². The number of carbonyl (C=O) groups is 2. The Morgan fingerprint density at radius 3 is 2.59 bits per heavy atom. The van der Waals surface area contributed by atoms with Gasteiger partial charge in [-0.1, -0.05) is 18.7 Å². The van der Waals surface area contributed by atoms with Gasteiger partial charge in [-0.05, 0) is 31.2 Å². The molecule has 6 heteroatoms. The Bertz CT molecular complexity index is 650. The summed E-state index contributed by atoms with van der Waals surface area (Å²) in [5.41, 5.74) is 1.34. The minimum Gasteiger partial charge on any atom is -0.326 e. The van der Waals surface area contributed by atoms with Crippen molar-refractivity contribution in [3.63, 3.8) is 0 Å². The van der Waals surface area contributed by atoms with Crippen LogP contribution < -0.4 is 5.32 Å². The Balaban J connectivity index is 1.94. The van der Waals surface area contributed by atoms with Gasteiger partial charge in [-0.2, -0.15) is 0 Å². The maximum atomic E-state index is 12.2. The highest BCUT2D eigenvalue weighted by Gasteiger charge is 2.09. The molecule has 0 bridgehead atoms. The predicted octanol–water partition coefficient (Wildman–Crippen LogP) is 3.23. The number of Topliss-reactive ketones (excluding diaryl/α,β-unsaturated/α-hetero) is 1. The number of amides is 1. The van der Waals surface area contributed by atoms with Crippen LogP contribution in [0.1, 0.15) is 30.6 Å². The van der Waals surface area contributed by atoms with E-state index >= 15 is 0 Å². The molecule has 1 aromatic heterocycles. The molecule has 0 atom stereocenters. The van der Waals surface area contributed by atoms with Crippen LogP contribution in [0.4, 0.5) is 5.69 Å². The molecule has 22 heavy (non-hydrogen) atoms. The van der Waals surface area contributed by atoms with Crippen molar-refractivity contribution in [2.45, 2.75) is 32.0 Å². The van der Waals surface area contributed by atoms with E-state index in [2.05, 4.69) is 10.3 Å². The number of hydrogen-bond acceptors (Lipinski definition) is 4. The molecule has 2 aromatic rings. The van der Waals surface area contributed by atoms with Crippen LogP contribution in [0, 0.1) is 0 Å². The Kier molecular flexibility index (Phi) is 5.77. The Morgan fingerprint density at radius 1 is 1.23 bits per heavy atom. The standard InChI is InChI=1S/C16H19N3O2S/c1-3-15(21)18-13-7-5-12(6-8-13)14(20)11-22-16-17-9-10-19(16)4-2/h5-10H,3-4,11H2,1-2H3,(H,18,21). The van der Waals surface area contributed by atoms with Crippen molar-refractivity contribution in [1.82, 2.24) is 9.55 Å². The fourth-order valence-electron chi connectivity index (χ4n) is 1.88. The number of aromatic nitrogens is 2. The molecule has 0 saturated carbocycles. The number of aryl methyl sites for hydroxylation is 1. The normalized spacial score (nSPS) is 10.5. The largest absolute Gasteiger partial charge is 0.326 e. The summed E-state index contributed by atoms with van der Waals surface area (Å²) >= 11 is 1.43. The fraction of sp³-hybridized carbons (Fsp3) is 0.312. The molecule has 0 aliphatic rings. The lowest BCUT2D eigenvalue weighted by molar-refractivity contribution is -0.115. The van der Waals surface area contributed by atoms with E-state index in [1.807, 2.05) is 17.7 Å². The molecule has 0 radical (unpaired) electrons. The highest BCUT2D eigenvalue weighted by atomic mass is 32.2. The van der Waals surface area contributed by atoms with Gasteiger partial charge in [0.05, 0.1) is 5.75 Å². The van der Waals surface area contributed by atoms with Gasteiger partial charge in [0.25, 0.3) is 0 Å². The average Bonchev–Trinajstić information content (AvgIpc) is 3.00. The summed E-state index contributed by atoms with van der Waals surface area (Å²) in [4.78, 5) is 27.7. The number of nitrogens with one attached hydrogen (secondary N) is 1. The Morgan fingerprint density at radius 2 is 1.95 bits per heavy atom. The smallest absolute Gasteiger partial charge is 0.224 e. The summed E-state index contributed by atoms with van der Waals surface area (Å²) < 4.78 is 2.00. The number of imidazole rings is 1. The summed E-state index contributed by atoms with van der Waals surface area (Å²) in [6.07, 6.45) is 4.07. The molecular formula is C16H19N3O2S. The summed E-state index contributed by atoms with van der Waals surface area (Å²) in [5.74, 6) is 0.350. The molecule has 1 heterocycles. The molecule has 2 rings (SSSR count). The van der Waals surface area contributed by atoms with Crippen LogP contribution in [-0.4, -0.2) is 27.0 Å². The quantitative estimate of drug-likeness (QED) is 0.629. The highest BCUT2D eigenvalue weighted by Crippen LogP contribution is 2.18. The van der Waals surface area contributed by atoms with Crippen molar-refractivity contribution in [2.24, 2.45) is 0 Å². The van der Waals surface area contributed by atoms with Crippen LogP contribution in [0.25, 0.3) is 0 Å². The highest BCUT2D eigenvalue weighted by molar-refractivity contribution is 7.99. The van der Waals surface area contributed by atoms with Gasteiger partial charge in [0, 0.05) is 36.6 Å². The van der Waals surface area contributed by atoms with Crippen molar-refractivity contribution in [3.8, 4) is 0 Å². The number of nitrogens with zero attached hydrogens (tertiary/aromatic N) is 2. The van der Waals surface area contributed by atoms with E-state index < -0.39 is 0 Å². The fourth-order valence-corrected chi connectivity index (χ4v) is 2.80. The lowest BCUT2D eigenvalue weighted by Gasteiger charge is -2.06. The third-order valence-electron chi connectivity index (χ3n) is 3.16. The van der Waals surface area contributed by atoms with E-state index in [0.717, 1.165) is 11.7 Å². The first-order valence-corrected chi connectivity index (χ1v) is 8.19. The molecule has 0 saturated heterocycles. The molecule has 0 unspecified atom stereocenters. The SMILES string of the molecule is CCC(=O)Nc1ccc(C(=O)CSc2nccn2CC)cc1. The van der Waals surface area contributed by atoms with Crippen molar-refractivity contribution in [2.75, 3.05) is 11.1 Å². The Labute approximate surface area is 134 Å². The molecule has 116 valence electrons. The van der Waals surface area contributed by atoms with Gasteiger partial charge in [-0.15, -0.1) is 0 Å². The zero-order chi connectivity index (χ0) is 15.9. The first-order valence-electron chi connectivity index (χ1n) is 7.21.